The second kappa shape index (κ2) is 51.0. The molecular weight excluding hydrogens is 755 g/mol. The van der Waals surface area contributed by atoms with Crippen LogP contribution in [0.1, 0.15) is 290 Å². The Bertz CT molecular complexity index is 951. The van der Waals surface area contributed by atoms with Crippen LogP contribution in [0.5, 0.6) is 0 Å². The number of ether oxygens (including phenoxy) is 1. The predicted molar refractivity (Wildman–Crippen MR) is 264 cm³/mol. The fourth-order valence-corrected chi connectivity index (χ4v) is 8.27. The van der Waals surface area contributed by atoms with Gasteiger partial charge in [0.1, 0.15) is 0 Å². The van der Waals surface area contributed by atoms with Gasteiger partial charge in [-0.2, -0.15) is 0 Å². The molecule has 360 valence electrons. The molecule has 0 saturated carbocycles. The van der Waals surface area contributed by atoms with Crippen LogP contribution in [0.25, 0.3) is 0 Å². The second-order valence-electron chi connectivity index (χ2n) is 18.6. The molecule has 0 aliphatic carbocycles. The van der Waals surface area contributed by atoms with Crippen LogP contribution in [0.2, 0.25) is 0 Å². The van der Waals surface area contributed by atoms with E-state index in [1.54, 1.807) is 6.08 Å². The monoisotopic (exact) mass is 860 g/mol. The van der Waals surface area contributed by atoms with E-state index in [-0.39, 0.29) is 18.5 Å². The molecule has 61 heavy (non-hydrogen) atoms. The highest BCUT2D eigenvalue weighted by Crippen LogP contribution is 2.16. The average Bonchev–Trinajstić information content (AvgIpc) is 3.26. The Labute approximate surface area is 380 Å². The maximum Gasteiger partial charge on any atom is 0.305 e. The number of unbranched alkanes of at least 4 members (excludes halogenated alkanes) is 37. The number of hydrogen-bond donors (Lipinski definition) is 3. The number of aliphatic hydroxyl groups is 2. The minimum atomic E-state index is -0.855. The van der Waals surface area contributed by atoms with Gasteiger partial charge in [-0.05, 0) is 57.8 Å². The van der Waals surface area contributed by atoms with Gasteiger partial charge in [-0.25, -0.2) is 0 Å². The summed E-state index contributed by atoms with van der Waals surface area (Å²) in [6.07, 6.45) is 60.4. The molecule has 1 amide bonds. The smallest absolute Gasteiger partial charge is 0.305 e. The van der Waals surface area contributed by atoms with Crippen molar-refractivity contribution < 1.29 is 24.5 Å². The van der Waals surface area contributed by atoms with Crippen LogP contribution in [0.4, 0.5) is 0 Å². The van der Waals surface area contributed by atoms with Crippen LogP contribution < -0.4 is 5.32 Å². The normalized spacial score (nSPS) is 12.8. The summed E-state index contributed by atoms with van der Waals surface area (Å²) in [6.45, 7) is 4.85. The van der Waals surface area contributed by atoms with Crippen molar-refractivity contribution in [2.45, 2.75) is 302 Å². The summed E-state index contributed by atoms with van der Waals surface area (Å²) in [4.78, 5) is 24.5. The summed E-state index contributed by atoms with van der Waals surface area (Å²) in [5.74, 6) is -0.103. The molecule has 0 heterocycles. The number of allylic oxidation sites excluding steroid dienone is 3. The largest absolute Gasteiger partial charge is 0.466 e. The maximum atomic E-state index is 12.5. The third kappa shape index (κ3) is 47.7. The van der Waals surface area contributed by atoms with Crippen molar-refractivity contribution in [2.24, 2.45) is 0 Å². The van der Waals surface area contributed by atoms with E-state index in [0.29, 0.717) is 19.4 Å². The first-order valence-electron chi connectivity index (χ1n) is 27.1. The fourth-order valence-electron chi connectivity index (χ4n) is 8.27. The Morgan fingerprint density at radius 3 is 1.20 bits per heavy atom. The Morgan fingerprint density at radius 2 is 0.770 bits per heavy atom. The molecular formula is C55H105NO5. The Kier molecular flexibility index (Phi) is 49.6. The molecule has 0 spiro atoms. The Hall–Kier alpha value is -1.66. The molecule has 0 fully saturated rings. The van der Waals surface area contributed by atoms with E-state index >= 15 is 0 Å². The molecule has 0 radical (unpaired) electrons. The number of aliphatic hydroxyl groups excluding tert-OH is 2. The van der Waals surface area contributed by atoms with Crippen LogP contribution in [0, 0.1) is 0 Å². The molecule has 0 aromatic carbocycles. The number of amides is 1. The summed E-state index contributed by atoms with van der Waals surface area (Å²) in [5.41, 5.74) is 0. The van der Waals surface area contributed by atoms with Crippen molar-refractivity contribution in [3.8, 4) is 0 Å². The van der Waals surface area contributed by atoms with E-state index in [2.05, 4.69) is 31.3 Å². The minimum Gasteiger partial charge on any atom is -0.466 e. The van der Waals surface area contributed by atoms with Crippen LogP contribution in [0.15, 0.2) is 24.3 Å². The van der Waals surface area contributed by atoms with Crippen molar-refractivity contribution in [2.75, 3.05) is 13.2 Å². The molecule has 6 nitrogen and oxygen atoms in total. The van der Waals surface area contributed by atoms with E-state index in [1.165, 1.54) is 205 Å². The van der Waals surface area contributed by atoms with Crippen LogP contribution in [-0.2, 0) is 14.3 Å². The first-order chi connectivity index (χ1) is 30.0. The SMILES string of the molecule is CCCCC/C=C\CCCCCCCC(=O)OCCCCCCCCCCCCCCC(=O)NC(CO)C(O)/C=C/CCCCCCCCCCCCCCCCCCCC. The number of nitrogens with one attached hydrogen (secondary N) is 1. The van der Waals surface area contributed by atoms with E-state index < -0.39 is 12.1 Å². The zero-order chi connectivity index (χ0) is 44.4. The van der Waals surface area contributed by atoms with Crippen LogP contribution >= 0.6 is 0 Å². The van der Waals surface area contributed by atoms with E-state index in [4.69, 9.17) is 4.74 Å². The highest BCUT2D eigenvalue weighted by atomic mass is 16.5. The first-order valence-corrected chi connectivity index (χ1v) is 27.1. The quantitative estimate of drug-likeness (QED) is 0.0322. The molecule has 0 aromatic heterocycles. The number of carbonyl (C=O) groups is 2. The maximum absolute atomic E-state index is 12.5. The summed E-state index contributed by atoms with van der Waals surface area (Å²) in [6, 6.07) is -0.640. The minimum absolute atomic E-state index is 0.0207. The zero-order valence-corrected chi connectivity index (χ0v) is 40.9. The molecule has 3 N–H and O–H groups in total. The molecule has 0 saturated heterocycles. The van der Waals surface area contributed by atoms with Gasteiger partial charge in [0.25, 0.3) is 0 Å². The lowest BCUT2D eigenvalue weighted by molar-refractivity contribution is -0.143. The topological polar surface area (TPSA) is 95.9 Å². The lowest BCUT2D eigenvalue weighted by atomic mass is 10.0. The molecule has 0 aromatic rings. The van der Waals surface area contributed by atoms with Crippen molar-refractivity contribution in [1.82, 2.24) is 5.32 Å². The van der Waals surface area contributed by atoms with Crippen LogP contribution in [-0.4, -0.2) is 47.4 Å². The van der Waals surface area contributed by atoms with Gasteiger partial charge in [0.2, 0.25) is 5.91 Å². The van der Waals surface area contributed by atoms with Gasteiger partial charge in [0.05, 0.1) is 25.4 Å². The van der Waals surface area contributed by atoms with Gasteiger partial charge < -0.3 is 20.3 Å². The Morgan fingerprint density at radius 1 is 0.443 bits per heavy atom. The molecule has 0 aliphatic rings. The highest BCUT2D eigenvalue weighted by Gasteiger charge is 2.18. The lowest BCUT2D eigenvalue weighted by Gasteiger charge is -2.20. The first kappa shape index (κ1) is 59.3. The summed E-state index contributed by atoms with van der Waals surface area (Å²) in [5, 5.41) is 23.1. The van der Waals surface area contributed by atoms with E-state index in [1.807, 2.05) is 6.08 Å². The number of esters is 1. The van der Waals surface area contributed by atoms with E-state index in [9.17, 15) is 19.8 Å². The Balaban J connectivity index is 3.51. The van der Waals surface area contributed by atoms with Crippen molar-refractivity contribution in [1.29, 1.82) is 0 Å². The van der Waals surface area contributed by atoms with Gasteiger partial charge in [0.15, 0.2) is 0 Å². The van der Waals surface area contributed by atoms with Crippen LogP contribution in [0.3, 0.4) is 0 Å². The molecule has 2 unspecified atom stereocenters. The molecule has 6 heteroatoms. The molecule has 0 aliphatic heterocycles. The number of rotatable bonds is 50. The highest BCUT2D eigenvalue weighted by molar-refractivity contribution is 5.76. The average molecular weight is 860 g/mol. The molecule has 0 rings (SSSR count). The van der Waals surface area contributed by atoms with Crippen molar-refractivity contribution >= 4 is 11.9 Å². The second-order valence-corrected chi connectivity index (χ2v) is 18.6. The third-order valence-corrected chi connectivity index (χ3v) is 12.5. The summed E-state index contributed by atoms with van der Waals surface area (Å²) < 4.78 is 5.44. The fraction of sp³-hybridized carbons (Fsp3) is 0.891. The summed E-state index contributed by atoms with van der Waals surface area (Å²) >= 11 is 0. The van der Waals surface area contributed by atoms with Crippen molar-refractivity contribution in [3.63, 3.8) is 0 Å². The van der Waals surface area contributed by atoms with Gasteiger partial charge in [-0.3, -0.25) is 9.59 Å². The van der Waals surface area contributed by atoms with Gasteiger partial charge in [0, 0.05) is 12.8 Å². The zero-order valence-electron chi connectivity index (χ0n) is 40.9. The molecule has 0 bridgehead atoms. The van der Waals surface area contributed by atoms with E-state index in [0.717, 1.165) is 57.8 Å². The van der Waals surface area contributed by atoms with Crippen molar-refractivity contribution in [3.05, 3.63) is 24.3 Å². The van der Waals surface area contributed by atoms with Gasteiger partial charge in [-0.15, -0.1) is 0 Å². The third-order valence-electron chi connectivity index (χ3n) is 12.5. The predicted octanol–water partition coefficient (Wildman–Crippen LogP) is 16.3. The summed E-state index contributed by atoms with van der Waals surface area (Å²) in [7, 11) is 0. The van der Waals surface area contributed by atoms with Gasteiger partial charge in [-0.1, -0.05) is 244 Å². The number of carbonyl (C=O) groups excluding carboxylic acids is 2. The molecule has 2 atom stereocenters. The number of hydrogen-bond acceptors (Lipinski definition) is 5. The standard InChI is InChI=1S/C55H105NO5/c1-3-5-7-9-11-13-15-17-18-19-20-21-22-23-24-27-31-35-39-43-47-53(58)52(51-57)56-54(59)48-44-40-36-32-28-25-26-30-34-38-42-46-50-61-55(60)49-45-41-37-33-29-16-14-12-10-8-6-4-2/h12,14,43,47,52-53,57-58H,3-11,13,15-42,44-46,48-51H2,1-2H3,(H,56,59)/b14-12-,47-43+. The van der Waals surface area contributed by atoms with Gasteiger partial charge >= 0.3 is 5.97 Å². The lowest BCUT2D eigenvalue weighted by Crippen LogP contribution is -2.45.